The lowest BCUT2D eigenvalue weighted by Gasteiger charge is -2.36. The predicted molar refractivity (Wildman–Crippen MR) is 104 cm³/mol. The molecule has 1 heterocycles. The molecule has 1 aliphatic carbocycles. The fraction of sp³-hybridized carbons (Fsp3) is 0.478. The quantitative estimate of drug-likeness (QED) is 0.478. The van der Waals surface area contributed by atoms with Crippen LogP contribution in [0.1, 0.15) is 49.3 Å². The van der Waals surface area contributed by atoms with E-state index in [2.05, 4.69) is 0 Å². The molecular weight excluding hydrogens is 438 g/mol. The number of halogens is 6. The largest absolute Gasteiger partial charge is 0.491 e. The van der Waals surface area contributed by atoms with E-state index in [0.29, 0.717) is 6.42 Å². The van der Waals surface area contributed by atoms with Crippen molar-refractivity contribution in [3.8, 4) is 16.9 Å². The number of alkyl halides is 4. The summed E-state index contributed by atoms with van der Waals surface area (Å²) in [5.41, 5.74) is -4.14. The number of hydrogen-bond acceptors (Lipinski definition) is 3. The van der Waals surface area contributed by atoms with E-state index in [9.17, 15) is 13.2 Å². The van der Waals surface area contributed by atoms with E-state index in [1.54, 1.807) is 0 Å². The van der Waals surface area contributed by atoms with Crippen LogP contribution in [0.15, 0.2) is 24.3 Å². The Morgan fingerprint density at radius 1 is 0.875 bits per heavy atom. The van der Waals surface area contributed by atoms with Gasteiger partial charge in [-0.2, -0.15) is 17.6 Å². The maximum Gasteiger partial charge on any atom is 0.343 e. The van der Waals surface area contributed by atoms with Gasteiger partial charge >= 0.3 is 11.8 Å². The summed E-state index contributed by atoms with van der Waals surface area (Å²) in [4.78, 5) is 0. The van der Waals surface area contributed by atoms with Crippen LogP contribution in [-0.2, 0) is 21.3 Å². The molecule has 0 saturated carbocycles. The van der Waals surface area contributed by atoms with Crippen molar-refractivity contribution in [2.45, 2.75) is 50.7 Å². The summed E-state index contributed by atoms with van der Waals surface area (Å²) < 4.78 is 106. The fourth-order valence-corrected chi connectivity index (χ4v) is 4.23. The Balaban J connectivity index is 1.83. The summed E-state index contributed by atoms with van der Waals surface area (Å²) in [5.74, 6) is -14.3. The number of benzene rings is 2. The van der Waals surface area contributed by atoms with E-state index in [4.69, 9.17) is 14.2 Å². The molecule has 0 aromatic heterocycles. The topological polar surface area (TPSA) is 27.7 Å². The summed E-state index contributed by atoms with van der Waals surface area (Å²) >= 11 is 0. The van der Waals surface area contributed by atoms with Crippen molar-refractivity contribution >= 4 is 0 Å². The SMILES string of the molecule is CCCC1OCC(c2ccc3c(c2F)C(F)(F)C(F)(F)c2c-3ccc(OCC)c2F)CO1. The zero-order chi connectivity index (χ0) is 23.3. The molecule has 0 N–H and O–H groups in total. The molecule has 2 aromatic rings. The van der Waals surface area contributed by atoms with Gasteiger partial charge in [-0.25, -0.2) is 8.78 Å². The minimum atomic E-state index is -4.99. The van der Waals surface area contributed by atoms with E-state index < -0.39 is 63.7 Å². The van der Waals surface area contributed by atoms with Crippen molar-refractivity contribution in [2.24, 2.45) is 0 Å². The molecule has 1 fully saturated rings. The third kappa shape index (κ3) is 3.37. The third-order valence-electron chi connectivity index (χ3n) is 5.82. The molecule has 0 spiro atoms. The van der Waals surface area contributed by atoms with Crippen LogP contribution >= 0.6 is 0 Å². The van der Waals surface area contributed by atoms with Crippen LogP contribution in [0.5, 0.6) is 5.75 Å². The second-order valence-corrected chi connectivity index (χ2v) is 7.86. The number of rotatable bonds is 5. The molecule has 0 radical (unpaired) electrons. The van der Waals surface area contributed by atoms with Gasteiger partial charge in [0.25, 0.3) is 0 Å². The zero-order valence-electron chi connectivity index (χ0n) is 17.5. The second kappa shape index (κ2) is 8.26. The van der Waals surface area contributed by atoms with Crippen LogP contribution < -0.4 is 4.74 Å². The minimum Gasteiger partial charge on any atom is -0.491 e. The van der Waals surface area contributed by atoms with Crippen LogP contribution in [0.3, 0.4) is 0 Å². The molecule has 9 heteroatoms. The first kappa shape index (κ1) is 22.9. The first-order chi connectivity index (χ1) is 15.1. The summed E-state index contributed by atoms with van der Waals surface area (Å²) in [6.45, 7) is 3.40. The average molecular weight is 460 g/mol. The molecule has 0 bridgehead atoms. The Morgan fingerprint density at radius 3 is 2.00 bits per heavy atom. The van der Waals surface area contributed by atoms with Gasteiger partial charge in [0.1, 0.15) is 5.82 Å². The smallest absolute Gasteiger partial charge is 0.343 e. The molecule has 0 atom stereocenters. The van der Waals surface area contributed by atoms with Gasteiger partial charge in [-0.3, -0.25) is 0 Å². The van der Waals surface area contributed by atoms with Gasteiger partial charge in [0, 0.05) is 5.92 Å². The van der Waals surface area contributed by atoms with E-state index in [1.807, 2.05) is 6.92 Å². The Kier molecular flexibility index (Phi) is 5.92. The fourth-order valence-electron chi connectivity index (χ4n) is 4.23. The Bertz CT molecular complexity index is 1020. The number of ether oxygens (including phenoxy) is 3. The maximum atomic E-state index is 15.4. The third-order valence-corrected chi connectivity index (χ3v) is 5.82. The van der Waals surface area contributed by atoms with Gasteiger partial charge in [0.15, 0.2) is 17.9 Å². The summed E-state index contributed by atoms with van der Waals surface area (Å²) in [6, 6.07) is 4.48. The van der Waals surface area contributed by atoms with Gasteiger partial charge < -0.3 is 14.2 Å². The lowest BCUT2D eigenvalue weighted by Crippen LogP contribution is -2.41. The molecule has 1 saturated heterocycles. The van der Waals surface area contributed by atoms with E-state index >= 15 is 13.2 Å². The zero-order valence-corrected chi connectivity index (χ0v) is 17.5. The molecule has 0 amide bonds. The van der Waals surface area contributed by atoms with Crippen LogP contribution in [0, 0.1) is 11.6 Å². The van der Waals surface area contributed by atoms with Gasteiger partial charge in [-0.05, 0) is 42.2 Å². The summed E-state index contributed by atoms with van der Waals surface area (Å²) in [7, 11) is 0. The van der Waals surface area contributed by atoms with Crippen molar-refractivity contribution in [3.63, 3.8) is 0 Å². The van der Waals surface area contributed by atoms with E-state index in [0.717, 1.165) is 24.6 Å². The van der Waals surface area contributed by atoms with Crippen molar-refractivity contribution in [1.29, 1.82) is 0 Å². The van der Waals surface area contributed by atoms with Crippen molar-refractivity contribution in [1.82, 2.24) is 0 Å². The molecule has 2 aliphatic rings. The highest BCUT2D eigenvalue weighted by Gasteiger charge is 2.65. The molecule has 3 nitrogen and oxygen atoms in total. The first-order valence-corrected chi connectivity index (χ1v) is 10.4. The first-order valence-electron chi connectivity index (χ1n) is 10.4. The Hall–Kier alpha value is -2.26. The van der Waals surface area contributed by atoms with Crippen LogP contribution in [-0.4, -0.2) is 26.1 Å². The molecule has 1 aliphatic heterocycles. The van der Waals surface area contributed by atoms with Crippen LogP contribution in [0.4, 0.5) is 26.3 Å². The summed E-state index contributed by atoms with van der Waals surface area (Å²) in [5, 5.41) is 0. The molecule has 2 aromatic carbocycles. The normalized spacial score (nSPS) is 23.4. The monoisotopic (exact) mass is 460 g/mol. The van der Waals surface area contributed by atoms with E-state index in [-0.39, 0.29) is 25.4 Å². The van der Waals surface area contributed by atoms with Crippen LogP contribution in [0.2, 0.25) is 0 Å². The highest BCUT2D eigenvalue weighted by Crippen LogP contribution is 2.60. The predicted octanol–water partition coefficient (Wildman–Crippen LogP) is 6.48. The number of fused-ring (bicyclic) bond motifs is 3. The number of hydrogen-bond donors (Lipinski definition) is 0. The average Bonchev–Trinajstić information content (AvgIpc) is 2.74. The molecule has 32 heavy (non-hydrogen) atoms. The Labute approximate surface area is 181 Å². The summed E-state index contributed by atoms with van der Waals surface area (Å²) in [6.07, 6.45) is 0.942. The minimum absolute atomic E-state index is 0.00523. The van der Waals surface area contributed by atoms with Crippen molar-refractivity contribution in [3.05, 3.63) is 52.6 Å². The van der Waals surface area contributed by atoms with Gasteiger partial charge in [-0.15, -0.1) is 0 Å². The van der Waals surface area contributed by atoms with Crippen molar-refractivity contribution in [2.75, 3.05) is 19.8 Å². The second-order valence-electron chi connectivity index (χ2n) is 7.86. The lowest BCUT2D eigenvalue weighted by atomic mass is 9.78. The highest BCUT2D eigenvalue weighted by atomic mass is 19.3. The van der Waals surface area contributed by atoms with Gasteiger partial charge in [0.05, 0.1) is 30.9 Å². The molecular formula is C23H22F6O3. The van der Waals surface area contributed by atoms with Crippen LogP contribution in [0.25, 0.3) is 11.1 Å². The molecule has 4 rings (SSSR count). The molecule has 174 valence electrons. The Morgan fingerprint density at radius 2 is 1.44 bits per heavy atom. The van der Waals surface area contributed by atoms with Crippen molar-refractivity contribution < 1.29 is 40.6 Å². The maximum absolute atomic E-state index is 15.4. The standard InChI is InChI=1S/C23H22F6O3/c1-3-5-17-31-10-12(11-32-17)13-6-7-14-15-8-9-16(30-4-2)21(25)19(15)23(28,29)22(26,27)18(14)20(13)24/h6-9,12,17H,3-5,10-11H2,1-2H3. The lowest BCUT2D eigenvalue weighted by molar-refractivity contribution is -0.228. The van der Waals surface area contributed by atoms with Gasteiger partial charge in [0.2, 0.25) is 0 Å². The molecule has 0 unspecified atom stereocenters. The highest BCUT2D eigenvalue weighted by molar-refractivity contribution is 5.77. The van der Waals surface area contributed by atoms with E-state index in [1.165, 1.54) is 13.0 Å². The van der Waals surface area contributed by atoms with Gasteiger partial charge in [-0.1, -0.05) is 25.5 Å².